The Morgan fingerprint density at radius 3 is 1.96 bits per heavy atom. The predicted octanol–water partition coefficient (Wildman–Crippen LogP) is 4.11. The number of methoxy groups -OCH3 is 3. The standard InChI is InChI=1S/C20H22BrNO6/c1-7-28-18-13(21)8-12(9-14(18)25-4)17-15(19(23)26-5)10(2)22-11(3)16(17)20(24)27-6/h8-9H,7H2,1-6H3. The number of ether oxygens (including phenoxy) is 4. The van der Waals surface area contributed by atoms with Crippen molar-refractivity contribution in [3.05, 3.63) is 39.1 Å². The van der Waals surface area contributed by atoms with E-state index in [0.29, 0.717) is 45.1 Å². The van der Waals surface area contributed by atoms with Gasteiger partial charge >= 0.3 is 11.9 Å². The lowest BCUT2D eigenvalue weighted by atomic mass is 9.92. The number of pyridine rings is 1. The van der Waals surface area contributed by atoms with Gasteiger partial charge in [0, 0.05) is 5.56 Å². The molecule has 8 heteroatoms. The molecule has 0 fully saturated rings. The van der Waals surface area contributed by atoms with E-state index in [1.807, 2.05) is 6.92 Å². The van der Waals surface area contributed by atoms with Crippen molar-refractivity contribution in [2.24, 2.45) is 0 Å². The van der Waals surface area contributed by atoms with Crippen molar-refractivity contribution in [1.82, 2.24) is 4.98 Å². The first-order valence-corrected chi connectivity index (χ1v) is 9.28. The van der Waals surface area contributed by atoms with Crippen molar-refractivity contribution < 1.29 is 28.5 Å². The molecule has 0 aliphatic rings. The normalized spacial score (nSPS) is 10.4. The van der Waals surface area contributed by atoms with Crippen LogP contribution in [0.25, 0.3) is 11.1 Å². The summed E-state index contributed by atoms with van der Waals surface area (Å²) in [5.74, 6) is -0.233. The van der Waals surface area contributed by atoms with Crippen molar-refractivity contribution >= 4 is 27.9 Å². The van der Waals surface area contributed by atoms with Crippen molar-refractivity contribution in [2.75, 3.05) is 27.9 Å². The lowest BCUT2D eigenvalue weighted by molar-refractivity contribution is 0.0599. The molecule has 28 heavy (non-hydrogen) atoms. The molecule has 0 unspecified atom stereocenters. The summed E-state index contributed by atoms with van der Waals surface area (Å²) in [5.41, 5.74) is 2.18. The van der Waals surface area contributed by atoms with Crippen LogP contribution in [0.5, 0.6) is 11.5 Å². The maximum Gasteiger partial charge on any atom is 0.340 e. The summed E-state index contributed by atoms with van der Waals surface area (Å²) >= 11 is 3.48. The maximum atomic E-state index is 12.5. The first-order chi connectivity index (χ1) is 13.3. The second-order valence-corrected chi connectivity index (χ2v) is 6.67. The summed E-state index contributed by atoms with van der Waals surface area (Å²) in [6.07, 6.45) is 0. The van der Waals surface area contributed by atoms with Gasteiger partial charge in [-0.05, 0) is 54.4 Å². The third-order valence-corrected chi connectivity index (χ3v) is 4.73. The van der Waals surface area contributed by atoms with Crippen LogP contribution in [0.15, 0.2) is 16.6 Å². The number of benzene rings is 1. The fourth-order valence-corrected chi connectivity index (χ4v) is 3.55. The number of aryl methyl sites for hydroxylation is 2. The molecule has 0 amide bonds. The second kappa shape index (κ2) is 9.05. The Kier molecular flexibility index (Phi) is 7.01. The monoisotopic (exact) mass is 451 g/mol. The third-order valence-electron chi connectivity index (χ3n) is 4.14. The van der Waals surface area contributed by atoms with E-state index in [1.54, 1.807) is 26.0 Å². The molecule has 7 nitrogen and oxygen atoms in total. The molecule has 0 aliphatic carbocycles. The number of hydrogen-bond donors (Lipinski definition) is 0. The summed E-state index contributed by atoms with van der Waals surface area (Å²) < 4.78 is 21.6. The van der Waals surface area contributed by atoms with E-state index in [4.69, 9.17) is 18.9 Å². The third kappa shape index (κ3) is 3.96. The van der Waals surface area contributed by atoms with Gasteiger partial charge in [0.2, 0.25) is 0 Å². The van der Waals surface area contributed by atoms with Gasteiger partial charge in [0.25, 0.3) is 0 Å². The summed E-state index contributed by atoms with van der Waals surface area (Å²) in [6, 6.07) is 3.45. The van der Waals surface area contributed by atoms with E-state index in [-0.39, 0.29) is 11.1 Å². The molecule has 1 aromatic heterocycles. The lowest BCUT2D eigenvalue weighted by Gasteiger charge is -2.19. The smallest absolute Gasteiger partial charge is 0.340 e. The van der Waals surface area contributed by atoms with Crippen LogP contribution in [-0.2, 0) is 9.47 Å². The molecule has 2 aromatic rings. The minimum absolute atomic E-state index is 0.187. The van der Waals surface area contributed by atoms with Gasteiger partial charge in [-0.25, -0.2) is 9.59 Å². The molecule has 1 heterocycles. The van der Waals surface area contributed by atoms with E-state index >= 15 is 0 Å². The summed E-state index contributed by atoms with van der Waals surface area (Å²) in [6.45, 7) is 5.68. The van der Waals surface area contributed by atoms with Gasteiger partial charge in [0.1, 0.15) is 0 Å². The van der Waals surface area contributed by atoms with E-state index in [9.17, 15) is 9.59 Å². The average Bonchev–Trinajstić information content (AvgIpc) is 2.67. The van der Waals surface area contributed by atoms with Crippen LogP contribution >= 0.6 is 15.9 Å². The zero-order valence-electron chi connectivity index (χ0n) is 16.6. The van der Waals surface area contributed by atoms with Crippen molar-refractivity contribution in [3.8, 4) is 22.6 Å². The first kappa shape index (κ1) is 21.7. The average molecular weight is 452 g/mol. The Morgan fingerprint density at radius 2 is 1.54 bits per heavy atom. The molecule has 0 bridgehead atoms. The van der Waals surface area contributed by atoms with Crippen LogP contribution in [0.4, 0.5) is 0 Å². The van der Waals surface area contributed by atoms with Gasteiger partial charge in [0.05, 0.1) is 54.9 Å². The predicted molar refractivity (Wildman–Crippen MR) is 107 cm³/mol. The number of esters is 2. The van der Waals surface area contributed by atoms with Crippen LogP contribution in [0.1, 0.15) is 39.0 Å². The Morgan fingerprint density at radius 1 is 1.00 bits per heavy atom. The molecule has 0 atom stereocenters. The summed E-state index contributed by atoms with van der Waals surface area (Å²) in [7, 11) is 4.06. The number of nitrogens with zero attached hydrogens (tertiary/aromatic N) is 1. The number of halogens is 1. The summed E-state index contributed by atoms with van der Waals surface area (Å²) in [4.78, 5) is 29.4. The number of carbonyl (C=O) groups is 2. The molecule has 0 saturated heterocycles. The number of hydrogen-bond acceptors (Lipinski definition) is 7. The molecule has 0 saturated carbocycles. The molecule has 0 aliphatic heterocycles. The van der Waals surface area contributed by atoms with Gasteiger partial charge < -0.3 is 18.9 Å². The molecule has 2 rings (SSSR count). The fourth-order valence-electron chi connectivity index (χ4n) is 2.99. The number of rotatable bonds is 6. The SMILES string of the molecule is CCOc1c(Br)cc(-c2c(C(=O)OC)c(C)nc(C)c2C(=O)OC)cc1OC. The number of aromatic nitrogens is 1. The van der Waals surface area contributed by atoms with Crippen LogP contribution in [-0.4, -0.2) is 44.9 Å². The van der Waals surface area contributed by atoms with E-state index in [0.717, 1.165) is 0 Å². The van der Waals surface area contributed by atoms with Crippen LogP contribution in [0, 0.1) is 13.8 Å². The highest BCUT2D eigenvalue weighted by molar-refractivity contribution is 9.10. The van der Waals surface area contributed by atoms with Crippen LogP contribution in [0.2, 0.25) is 0 Å². The summed E-state index contributed by atoms with van der Waals surface area (Å²) in [5, 5.41) is 0. The molecule has 0 N–H and O–H groups in total. The Labute approximate surface area is 172 Å². The van der Waals surface area contributed by atoms with Gasteiger partial charge in [0.15, 0.2) is 11.5 Å². The quantitative estimate of drug-likeness (QED) is 0.610. The first-order valence-electron chi connectivity index (χ1n) is 8.49. The Bertz CT molecular complexity index is 885. The molecule has 0 spiro atoms. The largest absolute Gasteiger partial charge is 0.493 e. The topological polar surface area (TPSA) is 84.0 Å². The second-order valence-electron chi connectivity index (χ2n) is 5.81. The Balaban J connectivity index is 2.95. The lowest BCUT2D eigenvalue weighted by Crippen LogP contribution is -2.16. The van der Waals surface area contributed by atoms with Crippen LogP contribution < -0.4 is 9.47 Å². The molecular weight excluding hydrogens is 430 g/mol. The van der Waals surface area contributed by atoms with Gasteiger partial charge in [-0.3, -0.25) is 4.98 Å². The van der Waals surface area contributed by atoms with Gasteiger partial charge in [-0.15, -0.1) is 0 Å². The highest BCUT2D eigenvalue weighted by Crippen LogP contribution is 2.42. The zero-order chi connectivity index (χ0) is 21.0. The fraction of sp³-hybridized carbons (Fsp3) is 0.350. The minimum Gasteiger partial charge on any atom is -0.493 e. The number of carbonyl (C=O) groups excluding carboxylic acids is 2. The minimum atomic E-state index is -0.603. The molecule has 0 radical (unpaired) electrons. The maximum absolute atomic E-state index is 12.5. The van der Waals surface area contributed by atoms with E-state index in [1.165, 1.54) is 21.3 Å². The zero-order valence-corrected chi connectivity index (χ0v) is 18.2. The molecule has 150 valence electrons. The van der Waals surface area contributed by atoms with Crippen molar-refractivity contribution in [2.45, 2.75) is 20.8 Å². The molecule has 1 aromatic carbocycles. The van der Waals surface area contributed by atoms with Gasteiger partial charge in [-0.2, -0.15) is 0 Å². The van der Waals surface area contributed by atoms with Gasteiger partial charge in [-0.1, -0.05) is 0 Å². The van der Waals surface area contributed by atoms with E-state index < -0.39 is 11.9 Å². The van der Waals surface area contributed by atoms with Crippen molar-refractivity contribution in [3.63, 3.8) is 0 Å². The van der Waals surface area contributed by atoms with E-state index in [2.05, 4.69) is 20.9 Å². The van der Waals surface area contributed by atoms with Crippen LogP contribution in [0.3, 0.4) is 0 Å². The highest BCUT2D eigenvalue weighted by Gasteiger charge is 2.28. The van der Waals surface area contributed by atoms with Crippen molar-refractivity contribution in [1.29, 1.82) is 0 Å². The Hall–Kier alpha value is -2.61. The highest BCUT2D eigenvalue weighted by atomic mass is 79.9. The molecular formula is C20H22BrNO6.